The van der Waals surface area contributed by atoms with Crippen LogP contribution in [0.2, 0.25) is 5.02 Å². The van der Waals surface area contributed by atoms with Crippen LogP contribution >= 0.6 is 34.3 Å². The van der Waals surface area contributed by atoms with Crippen LogP contribution in [0.4, 0.5) is 4.39 Å². The molecular weight excluding hydrogens is 403 g/mol. The Hall–Kier alpha value is -1.32. The number of thiazole rings is 1. The Balaban J connectivity index is 1.82. The van der Waals surface area contributed by atoms with Gasteiger partial charge in [-0.3, -0.25) is 0 Å². The molecule has 0 bridgehead atoms. The van der Waals surface area contributed by atoms with Gasteiger partial charge in [0.15, 0.2) is 0 Å². The third-order valence-corrected chi connectivity index (χ3v) is 7.28. The average molecular weight is 417 g/mol. The minimum atomic E-state index is -3.69. The number of rotatable bonds is 5. The standard InChI is InChI=1S/C16H14ClFN2O2S3/c1-9-16(6-15(24-9)14-8-23-10(2)20-14)25(21,22)19-7-11-3-4-13(18)12(17)5-11/h3-6,8,19H,7H2,1-2H3. The van der Waals surface area contributed by atoms with Crippen molar-refractivity contribution in [3.63, 3.8) is 0 Å². The van der Waals surface area contributed by atoms with E-state index >= 15 is 0 Å². The van der Waals surface area contributed by atoms with Crippen molar-refractivity contribution >= 4 is 44.3 Å². The Labute approximate surface area is 158 Å². The second kappa shape index (κ2) is 7.13. The summed E-state index contributed by atoms with van der Waals surface area (Å²) in [5.41, 5.74) is 1.36. The molecule has 3 rings (SSSR count). The van der Waals surface area contributed by atoms with E-state index in [4.69, 9.17) is 11.6 Å². The van der Waals surface area contributed by atoms with Crippen molar-refractivity contribution in [2.75, 3.05) is 0 Å². The van der Waals surface area contributed by atoms with E-state index in [2.05, 4.69) is 9.71 Å². The summed E-state index contributed by atoms with van der Waals surface area (Å²) in [7, 11) is -3.69. The highest BCUT2D eigenvalue weighted by atomic mass is 35.5. The molecule has 1 aromatic carbocycles. The summed E-state index contributed by atoms with van der Waals surface area (Å²) in [6.07, 6.45) is 0. The second-order valence-electron chi connectivity index (χ2n) is 5.36. The number of thiophene rings is 1. The van der Waals surface area contributed by atoms with E-state index in [0.717, 1.165) is 15.6 Å². The molecule has 4 nitrogen and oxygen atoms in total. The van der Waals surface area contributed by atoms with Crippen LogP contribution < -0.4 is 4.72 Å². The van der Waals surface area contributed by atoms with Crippen LogP contribution in [0.5, 0.6) is 0 Å². The van der Waals surface area contributed by atoms with Crippen molar-refractivity contribution in [1.82, 2.24) is 9.71 Å². The molecule has 0 saturated heterocycles. The van der Waals surface area contributed by atoms with Crippen molar-refractivity contribution < 1.29 is 12.8 Å². The lowest BCUT2D eigenvalue weighted by Crippen LogP contribution is -2.23. The van der Waals surface area contributed by atoms with Gasteiger partial charge in [-0.25, -0.2) is 22.5 Å². The second-order valence-corrected chi connectivity index (χ2v) is 9.82. The zero-order valence-corrected chi connectivity index (χ0v) is 16.5. The number of hydrogen-bond donors (Lipinski definition) is 1. The first-order valence-corrected chi connectivity index (χ1v) is 10.8. The molecule has 3 aromatic rings. The lowest BCUT2D eigenvalue weighted by Gasteiger charge is -2.07. The smallest absolute Gasteiger partial charge is 0.241 e. The number of halogens is 2. The molecule has 0 aliphatic rings. The number of hydrogen-bond acceptors (Lipinski definition) is 5. The number of nitrogens with zero attached hydrogens (tertiary/aromatic N) is 1. The molecule has 2 heterocycles. The summed E-state index contributed by atoms with van der Waals surface area (Å²) in [6.45, 7) is 3.70. The van der Waals surface area contributed by atoms with Gasteiger partial charge >= 0.3 is 0 Å². The first-order chi connectivity index (χ1) is 11.8. The highest BCUT2D eigenvalue weighted by molar-refractivity contribution is 7.89. The summed E-state index contributed by atoms with van der Waals surface area (Å²) in [5.74, 6) is -0.537. The predicted molar refractivity (Wildman–Crippen MR) is 100 cm³/mol. The van der Waals surface area contributed by atoms with Crippen LogP contribution in [0, 0.1) is 19.7 Å². The fourth-order valence-corrected chi connectivity index (χ4v) is 5.70. The van der Waals surface area contributed by atoms with Gasteiger partial charge < -0.3 is 0 Å². The predicted octanol–water partition coefficient (Wildman–Crippen LogP) is 4.76. The van der Waals surface area contributed by atoms with Crippen molar-refractivity contribution in [3.8, 4) is 10.6 Å². The van der Waals surface area contributed by atoms with Gasteiger partial charge in [0.05, 0.1) is 25.5 Å². The van der Waals surface area contributed by atoms with Gasteiger partial charge in [0, 0.05) is 16.8 Å². The van der Waals surface area contributed by atoms with E-state index in [9.17, 15) is 12.8 Å². The van der Waals surface area contributed by atoms with Crippen LogP contribution in [0.1, 0.15) is 15.4 Å². The topological polar surface area (TPSA) is 59.1 Å². The maximum absolute atomic E-state index is 13.2. The molecule has 0 aliphatic carbocycles. The molecule has 132 valence electrons. The number of aromatic nitrogens is 1. The van der Waals surface area contributed by atoms with E-state index in [1.807, 2.05) is 12.3 Å². The van der Waals surface area contributed by atoms with Gasteiger partial charge in [0.1, 0.15) is 5.82 Å². The first-order valence-electron chi connectivity index (χ1n) is 7.23. The summed E-state index contributed by atoms with van der Waals surface area (Å²) >= 11 is 8.63. The average Bonchev–Trinajstić information content (AvgIpc) is 3.15. The van der Waals surface area contributed by atoms with Crippen LogP contribution in [-0.4, -0.2) is 13.4 Å². The zero-order valence-electron chi connectivity index (χ0n) is 13.3. The van der Waals surface area contributed by atoms with Crippen LogP contribution in [0.15, 0.2) is 34.5 Å². The molecule has 0 aliphatic heterocycles. The molecule has 0 amide bonds. The maximum atomic E-state index is 13.2. The number of nitrogens with one attached hydrogen (secondary N) is 1. The Morgan fingerprint density at radius 1 is 1.28 bits per heavy atom. The van der Waals surface area contributed by atoms with Gasteiger partial charge in [-0.05, 0) is 37.6 Å². The Kier molecular flexibility index (Phi) is 5.26. The maximum Gasteiger partial charge on any atom is 0.241 e. The molecule has 0 radical (unpaired) electrons. The van der Waals surface area contributed by atoms with Gasteiger partial charge in [0.25, 0.3) is 0 Å². The van der Waals surface area contributed by atoms with Crippen molar-refractivity contribution in [2.45, 2.75) is 25.3 Å². The number of sulfonamides is 1. The van der Waals surface area contributed by atoms with Gasteiger partial charge in [-0.15, -0.1) is 22.7 Å². The van der Waals surface area contributed by atoms with Gasteiger partial charge in [-0.1, -0.05) is 17.7 Å². The Morgan fingerprint density at radius 2 is 2.04 bits per heavy atom. The fourth-order valence-electron chi connectivity index (χ4n) is 2.24. The van der Waals surface area contributed by atoms with Crippen LogP contribution in [-0.2, 0) is 16.6 Å². The summed E-state index contributed by atoms with van der Waals surface area (Å²) in [4.78, 5) is 6.12. The third-order valence-electron chi connectivity index (χ3n) is 3.48. The van der Waals surface area contributed by atoms with E-state index < -0.39 is 15.8 Å². The lowest BCUT2D eigenvalue weighted by atomic mass is 10.2. The third kappa shape index (κ3) is 4.09. The molecule has 25 heavy (non-hydrogen) atoms. The molecule has 0 fully saturated rings. The Morgan fingerprint density at radius 3 is 2.68 bits per heavy atom. The molecule has 0 unspecified atom stereocenters. The van der Waals surface area contributed by atoms with E-state index in [-0.39, 0.29) is 16.5 Å². The van der Waals surface area contributed by atoms with E-state index in [0.29, 0.717) is 10.4 Å². The van der Waals surface area contributed by atoms with Crippen LogP contribution in [0.3, 0.4) is 0 Å². The van der Waals surface area contributed by atoms with E-state index in [1.54, 1.807) is 13.0 Å². The molecule has 0 atom stereocenters. The van der Waals surface area contributed by atoms with Crippen molar-refractivity contribution in [3.05, 3.63) is 55.9 Å². The first kappa shape index (κ1) is 18.5. The molecule has 9 heteroatoms. The highest BCUT2D eigenvalue weighted by Gasteiger charge is 2.21. The molecule has 0 saturated carbocycles. The molecule has 1 N–H and O–H groups in total. The number of aryl methyl sites for hydroxylation is 2. The monoisotopic (exact) mass is 416 g/mol. The van der Waals surface area contributed by atoms with Crippen LogP contribution in [0.25, 0.3) is 10.6 Å². The SMILES string of the molecule is Cc1nc(-c2cc(S(=O)(=O)NCc3ccc(F)c(Cl)c3)c(C)s2)cs1. The van der Waals surface area contributed by atoms with Crippen molar-refractivity contribution in [1.29, 1.82) is 0 Å². The number of benzene rings is 1. The quantitative estimate of drug-likeness (QED) is 0.652. The summed E-state index contributed by atoms with van der Waals surface area (Å²) in [5, 5.41) is 2.80. The largest absolute Gasteiger partial charge is 0.241 e. The molecule has 2 aromatic heterocycles. The molecule has 0 spiro atoms. The summed E-state index contributed by atoms with van der Waals surface area (Å²) in [6, 6.07) is 5.75. The highest BCUT2D eigenvalue weighted by Crippen LogP contribution is 2.34. The van der Waals surface area contributed by atoms with E-state index in [1.165, 1.54) is 40.9 Å². The van der Waals surface area contributed by atoms with Gasteiger partial charge in [0.2, 0.25) is 10.0 Å². The minimum Gasteiger partial charge on any atom is -0.241 e. The lowest BCUT2D eigenvalue weighted by molar-refractivity contribution is 0.581. The van der Waals surface area contributed by atoms with Crippen molar-refractivity contribution in [2.24, 2.45) is 0 Å². The Bertz CT molecular complexity index is 1030. The zero-order chi connectivity index (χ0) is 18.2. The minimum absolute atomic E-state index is 0.0305. The molecular formula is C16H14ClFN2O2S3. The summed E-state index contributed by atoms with van der Waals surface area (Å²) < 4.78 is 40.9. The normalized spacial score (nSPS) is 11.8. The fraction of sp³-hybridized carbons (Fsp3) is 0.188. The van der Waals surface area contributed by atoms with Gasteiger partial charge in [-0.2, -0.15) is 0 Å².